The molecule has 170 valence electrons. The first kappa shape index (κ1) is 23.5. The Labute approximate surface area is 183 Å². The maximum atomic E-state index is 13.5. The van der Waals surface area contributed by atoms with E-state index in [2.05, 4.69) is 10.00 Å². The van der Waals surface area contributed by atoms with E-state index in [4.69, 9.17) is 5.21 Å². The first-order valence-corrected chi connectivity index (χ1v) is 10.3. The van der Waals surface area contributed by atoms with Crippen LogP contribution in [-0.4, -0.2) is 38.7 Å². The van der Waals surface area contributed by atoms with Crippen LogP contribution < -0.4 is 5.48 Å². The van der Waals surface area contributed by atoms with Gasteiger partial charge in [-0.05, 0) is 48.7 Å². The maximum Gasteiger partial charge on any atom is 0.435 e. The smallest absolute Gasteiger partial charge is 0.299 e. The minimum Gasteiger partial charge on any atom is -0.299 e. The fourth-order valence-corrected chi connectivity index (χ4v) is 3.58. The zero-order chi connectivity index (χ0) is 23.1. The number of amides is 1. The standard InChI is InChI=1S/C23H25F3N4O2/c1-2-13-29(16-18-8-6-17(7-9-18)10-11-21(31)28-32)15-12-19-20-5-3-4-14-30(20)27-22(19)23(24,25)26/h3-11,14,32H,2,12-13,15-16H2,1H3,(H,28,31)/b11-10+. The summed E-state index contributed by atoms with van der Waals surface area (Å²) in [6.45, 7) is 3.84. The van der Waals surface area contributed by atoms with Crippen molar-refractivity contribution in [3.05, 3.63) is 77.1 Å². The molecule has 3 rings (SSSR count). The minimum absolute atomic E-state index is 0.210. The van der Waals surface area contributed by atoms with E-state index in [0.717, 1.165) is 24.1 Å². The summed E-state index contributed by atoms with van der Waals surface area (Å²) in [6.07, 6.45) is 0.915. The van der Waals surface area contributed by atoms with Crippen LogP contribution in [0, 0.1) is 0 Å². The van der Waals surface area contributed by atoms with E-state index in [0.29, 0.717) is 18.6 Å². The van der Waals surface area contributed by atoms with Gasteiger partial charge in [0.2, 0.25) is 0 Å². The molecule has 2 heterocycles. The number of pyridine rings is 1. The Bertz CT molecular complexity index is 1080. The summed E-state index contributed by atoms with van der Waals surface area (Å²) in [5, 5.41) is 12.3. The van der Waals surface area contributed by atoms with E-state index < -0.39 is 17.8 Å². The number of carbonyl (C=O) groups is 1. The van der Waals surface area contributed by atoms with Gasteiger partial charge in [-0.25, -0.2) is 10.00 Å². The lowest BCUT2D eigenvalue weighted by Gasteiger charge is -2.22. The predicted molar refractivity (Wildman–Crippen MR) is 115 cm³/mol. The molecule has 0 aliphatic carbocycles. The van der Waals surface area contributed by atoms with Crippen LogP contribution in [0.1, 0.15) is 35.7 Å². The van der Waals surface area contributed by atoms with Gasteiger partial charge in [-0.2, -0.15) is 18.3 Å². The number of carbonyl (C=O) groups excluding carboxylic acids is 1. The molecule has 0 radical (unpaired) electrons. The monoisotopic (exact) mass is 446 g/mol. The van der Waals surface area contributed by atoms with Crippen molar-refractivity contribution >= 4 is 17.5 Å². The number of nitrogens with one attached hydrogen (secondary N) is 1. The van der Waals surface area contributed by atoms with Crippen LogP contribution >= 0.6 is 0 Å². The van der Waals surface area contributed by atoms with E-state index in [9.17, 15) is 18.0 Å². The van der Waals surface area contributed by atoms with E-state index in [-0.39, 0.29) is 12.0 Å². The Morgan fingerprint density at radius 3 is 2.59 bits per heavy atom. The van der Waals surface area contributed by atoms with Crippen LogP contribution in [0.5, 0.6) is 0 Å². The Morgan fingerprint density at radius 1 is 1.19 bits per heavy atom. The molecule has 0 saturated heterocycles. The Kier molecular flexibility index (Phi) is 7.66. The highest BCUT2D eigenvalue weighted by atomic mass is 19.4. The number of halogens is 3. The van der Waals surface area contributed by atoms with Crippen LogP contribution in [0.15, 0.2) is 54.7 Å². The zero-order valence-electron chi connectivity index (χ0n) is 17.6. The van der Waals surface area contributed by atoms with Gasteiger partial charge in [0.15, 0.2) is 5.69 Å². The summed E-state index contributed by atoms with van der Waals surface area (Å²) in [5.41, 5.74) is 3.18. The van der Waals surface area contributed by atoms with Gasteiger partial charge in [0, 0.05) is 30.9 Å². The van der Waals surface area contributed by atoms with Crippen LogP contribution in [0.25, 0.3) is 11.6 Å². The van der Waals surface area contributed by atoms with E-state index >= 15 is 0 Å². The van der Waals surface area contributed by atoms with Gasteiger partial charge in [0.25, 0.3) is 5.91 Å². The summed E-state index contributed by atoms with van der Waals surface area (Å²) in [6, 6.07) is 12.5. The lowest BCUT2D eigenvalue weighted by atomic mass is 10.1. The molecule has 0 aliphatic heterocycles. The molecule has 2 aromatic heterocycles. The molecule has 0 aliphatic rings. The first-order valence-electron chi connectivity index (χ1n) is 10.3. The summed E-state index contributed by atoms with van der Waals surface area (Å²) in [7, 11) is 0. The van der Waals surface area contributed by atoms with Crippen molar-refractivity contribution < 1.29 is 23.2 Å². The second kappa shape index (κ2) is 10.4. The molecule has 32 heavy (non-hydrogen) atoms. The van der Waals surface area contributed by atoms with Crippen LogP contribution in [0.3, 0.4) is 0 Å². The van der Waals surface area contributed by atoms with Crippen molar-refractivity contribution in [2.45, 2.75) is 32.5 Å². The lowest BCUT2D eigenvalue weighted by Crippen LogP contribution is -2.27. The number of fused-ring (bicyclic) bond motifs is 1. The number of hydroxylamine groups is 1. The average molecular weight is 446 g/mol. The van der Waals surface area contributed by atoms with E-state index in [1.165, 1.54) is 22.3 Å². The third-order valence-corrected chi connectivity index (χ3v) is 5.05. The van der Waals surface area contributed by atoms with Crippen LogP contribution in [-0.2, 0) is 23.9 Å². The minimum atomic E-state index is -4.51. The molecule has 0 bridgehead atoms. The SMILES string of the molecule is CCCN(CCc1c(C(F)(F)F)nn2ccccc12)Cc1ccc(/C=C/C(=O)NO)cc1. The van der Waals surface area contributed by atoms with Crippen molar-refractivity contribution in [2.75, 3.05) is 13.1 Å². The second-order valence-corrected chi connectivity index (χ2v) is 7.43. The zero-order valence-corrected chi connectivity index (χ0v) is 17.6. The van der Waals surface area contributed by atoms with E-state index in [1.54, 1.807) is 24.3 Å². The normalized spacial score (nSPS) is 12.2. The number of aromatic nitrogens is 2. The molecule has 9 heteroatoms. The quantitative estimate of drug-likeness (QED) is 0.292. The highest BCUT2D eigenvalue weighted by Crippen LogP contribution is 2.33. The Balaban J connectivity index is 1.73. The molecule has 0 unspecified atom stereocenters. The predicted octanol–water partition coefficient (Wildman–Crippen LogP) is 4.33. The van der Waals surface area contributed by atoms with Crippen molar-refractivity contribution in [1.82, 2.24) is 20.0 Å². The number of nitrogens with zero attached hydrogens (tertiary/aromatic N) is 3. The summed E-state index contributed by atoms with van der Waals surface area (Å²) in [5.74, 6) is -0.617. The highest BCUT2D eigenvalue weighted by molar-refractivity contribution is 5.90. The fraction of sp³-hybridized carbons (Fsp3) is 0.304. The van der Waals surface area contributed by atoms with Gasteiger partial charge in [-0.15, -0.1) is 0 Å². The van der Waals surface area contributed by atoms with Gasteiger partial charge in [0.05, 0.1) is 5.52 Å². The largest absolute Gasteiger partial charge is 0.435 e. The summed E-state index contributed by atoms with van der Waals surface area (Å²) in [4.78, 5) is 13.2. The molecule has 6 nitrogen and oxygen atoms in total. The Morgan fingerprint density at radius 2 is 1.94 bits per heavy atom. The molecule has 0 spiro atoms. The van der Waals surface area contributed by atoms with Crippen molar-refractivity contribution in [3.63, 3.8) is 0 Å². The molecular weight excluding hydrogens is 421 g/mol. The molecule has 3 aromatic rings. The number of rotatable bonds is 9. The fourth-order valence-electron chi connectivity index (χ4n) is 3.58. The van der Waals surface area contributed by atoms with Crippen LogP contribution in [0.4, 0.5) is 13.2 Å². The third kappa shape index (κ3) is 5.95. The number of benzene rings is 1. The molecule has 1 amide bonds. The maximum absolute atomic E-state index is 13.5. The molecule has 1 aromatic carbocycles. The van der Waals surface area contributed by atoms with Crippen molar-refractivity contribution in [3.8, 4) is 0 Å². The molecule has 2 N–H and O–H groups in total. The molecule has 0 atom stereocenters. The molecule has 0 fully saturated rings. The number of hydrogen-bond donors (Lipinski definition) is 2. The summed E-state index contributed by atoms with van der Waals surface area (Å²) >= 11 is 0. The van der Waals surface area contributed by atoms with Gasteiger partial charge < -0.3 is 0 Å². The Hall–Kier alpha value is -3.17. The van der Waals surface area contributed by atoms with Gasteiger partial charge in [0.1, 0.15) is 0 Å². The highest BCUT2D eigenvalue weighted by Gasteiger charge is 2.37. The summed E-state index contributed by atoms with van der Waals surface area (Å²) < 4.78 is 41.9. The number of alkyl halides is 3. The van der Waals surface area contributed by atoms with E-state index in [1.807, 2.05) is 31.2 Å². The van der Waals surface area contributed by atoms with Gasteiger partial charge >= 0.3 is 6.18 Å². The molecular formula is C23H25F3N4O2. The molecule has 0 saturated carbocycles. The number of hydrogen-bond acceptors (Lipinski definition) is 4. The average Bonchev–Trinajstić information content (AvgIpc) is 3.16. The van der Waals surface area contributed by atoms with Gasteiger partial charge in [-0.1, -0.05) is 37.3 Å². The topological polar surface area (TPSA) is 69.9 Å². The van der Waals surface area contributed by atoms with Gasteiger partial charge in [-0.3, -0.25) is 14.9 Å². The van der Waals surface area contributed by atoms with Crippen molar-refractivity contribution in [2.24, 2.45) is 0 Å². The van der Waals surface area contributed by atoms with Crippen molar-refractivity contribution in [1.29, 1.82) is 0 Å². The second-order valence-electron chi connectivity index (χ2n) is 7.43. The lowest BCUT2D eigenvalue weighted by molar-refractivity contribution is -0.141. The third-order valence-electron chi connectivity index (χ3n) is 5.05. The first-order chi connectivity index (χ1) is 15.3. The van der Waals surface area contributed by atoms with Crippen LogP contribution in [0.2, 0.25) is 0 Å².